The Kier molecular flexibility index (Phi) is 4.09. The molecule has 0 aliphatic heterocycles. The molecule has 0 aliphatic carbocycles. The summed E-state index contributed by atoms with van der Waals surface area (Å²) in [6, 6.07) is 7.74. The quantitative estimate of drug-likeness (QED) is 0.380. The number of nitrogens with zero attached hydrogens (tertiary/aromatic N) is 2. The van der Waals surface area contributed by atoms with E-state index >= 15 is 0 Å². The van der Waals surface area contributed by atoms with Gasteiger partial charge in [-0.25, -0.2) is 4.98 Å². The smallest absolute Gasteiger partial charge is 0.288 e. The number of H-pyrrole nitrogens is 1. The lowest BCUT2D eigenvalue weighted by atomic mass is 10.1. The average molecular weight is 402 g/mol. The number of aromatic nitrogens is 2. The number of aryl methyl sites for hydroxylation is 2. The zero-order valence-electron chi connectivity index (χ0n) is 14.2. The van der Waals surface area contributed by atoms with Gasteiger partial charge in [0, 0.05) is 16.5 Å². The summed E-state index contributed by atoms with van der Waals surface area (Å²) in [6.45, 7) is 3.84. The molecule has 0 unspecified atom stereocenters. The summed E-state index contributed by atoms with van der Waals surface area (Å²) in [5.74, 6) is 1.08. The van der Waals surface area contributed by atoms with Gasteiger partial charge in [-0.2, -0.15) is 0 Å². The first-order valence-electron chi connectivity index (χ1n) is 7.89. The fourth-order valence-electron chi connectivity index (χ4n) is 2.80. The molecule has 0 fully saturated rings. The predicted octanol–water partition coefficient (Wildman–Crippen LogP) is 5.09. The van der Waals surface area contributed by atoms with E-state index in [0.717, 1.165) is 10.4 Å². The summed E-state index contributed by atoms with van der Waals surface area (Å²) in [5.41, 5.74) is 0.994. The molecule has 0 aliphatic rings. The van der Waals surface area contributed by atoms with Crippen LogP contribution >= 0.6 is 22.9 Å². The molecule has 7 nitrogen and oxygen atoms in total. The summed E-state index contributed by atoms with van der Waals surface area (Å²) in [6.07, 6.45) is 0. The topological polar surface area (TPSA) is 102 Å². The highest BCUT2D eigenvalue weighted by Gasteiger charge is 2.17. The van der Waals surface area contributed by atoms with E-state index < -0.39 is 4.92 Å². The summed E-state index contributed by atoms with van der Waals surface area (Å²) < 4.78 is 5.78. The number of nitrogens with one attached hydrogen (secondary N) is 1. The number of nitro groups is 1. The van der Waals surface area contributed by atoms with Gasteiger partial charge in [-0.15, -0.1) is 11.3 Å². The van der Waals surface area contributed by atoms with E-state index in [1.54, 1.807) is 18.2 Å². The van der Waals surface area contributed by atoms with Gasteiger partial charge in [0.05, 0.1) is 10.3 Å². The van der Waals surface area contributed by atoms with E-state index in [-0.39, 0.29) is 16.3 Å². The molecule has 3 heterocycles. The van der Waals surface area contributed by atoms with E-state index in [2.05, 4.69) is 9.97 Å². The fourth-order valence-corrected chi connectivity index (χ4v) is 4.01. The Labute approximate surface area is 161 Å². The Morgan fingerprint density at radius 3 is 2.70 bits per heavy atom. The van der Waals surface area contributed by atoms with Gasteiger partial charge in [-0.1, -0.05) is 11.6 Å². The number of fused-ring (bicyclic) bond motifs is 1. The molecule has 0 bridgehead atoms. The molecule has 0 saturated carbocycles. The maximum atomic E-state index is 12.4. The van der Waals surface area contributed by atoms with Crippen molar-refractivity contribution < 1.29 is 9.34 Å². The Bertz CT molecular complexity index is 1270. The number of rotatable bonds is 3. The molecule has 0 atom stereocenters. The highest BCUT2D eigenvalue weighted by Crippen LogP contribution is 2.33. The third-order valence-corrected chi connectivity index (χ3v) is 5.73. The lowest BCUT2D eigenvalue weighted by Gasteiger charge is -2.00. The monoisotopic (exact) mass is 401 g/mol. The van der Waals surface area contributed by atoms with Crippen LogP contribution in [0, 0.1) is 24.0 Å². The second-order valence-corrected chi connectivity index (χ2v) is 7.58. The molecule has 4 aromatic rings. The molecule has 9 heteroatoms. The average Bonchev–Trinajstić information content (AvgIpc) is 3.21. The molecule has 4 rings (SSSR count). The van der Waals surface area contributed by atoms with Gasteiger partial charge < -0.3 is 9.40 Å². The van der Waals surface area contributed by atoms with Gasteiger partial charge >= 0.3 is 0 Å². The van der Waals surface area contributed by atoms with Gasteiger partial charge in [0.25, 0.3) is 11.2 Å². The van der Waals surface area contributed by atoms with Crippen molar-refractivity contribution in [1.29, 1.82) is 0 Å². The maximum Gasteiger partial charge on any atom is 0.288 e. The van der Waals surface area contributed by atoms with Crippen LogP contribution in [0.2, 0.25) is 5.02 Å². The van der Waals surface area contributed by atoms with E-state index in [4.69, 9.17) is 16.0 Å². The van der Waals surface area contributed by atoms with Gasteiger partial charge in [-0.05, 0) is 43.7 Å². The van der Waals surface area contributed by atoms with Gasteiger partial charge in [0.2, 0.25) is 0 Å². The number of halogens is 1. The number of benzene rings is 1. The van der Waals surface area contributed by atoms with Crippen LogP contribution in [-0.2, 0) is 0 Å². The van der Waals surface area contributed by atoms with Crippen LogP contribution in [0.25, 0.3) is 33.1 Å². The van der Waals surface area contributed by atoms with Crippen LogP contribution < -0.4 is 5.56 Å². The molecule has 0 amide bonds. The van der Waals surface area contributed by atoms with Crippen molar-refractivity contribution in [2.45, 2.75) is 13.8 Å². The molecule has 0 radical (unpaired) electrons. The second kappa shape index (κ2) is 6.33. The SMILES string of the molecule is Cc1sc2nc(-c3ccc(-c4ccc(Cl)c([N+](=O)[O-])c4)o3)[nH]c(=O)c2c1C. The van der Waals surface area contributed by atoms with Crippen molar-refractivity contribution in [3.8, 4) is 22.9 Å². The molecule has 1 aromatic carbocycles. The standard InChI is InChI=1S/C18H12ClN3O4S/c1-8-9(2)27-18-15(8)17(23)20-16(21-18)14-6-5-13(26-14)10-3-4-11(19)12(7-10)22(24)25/h3-7H,1-2H3,(H,20,21,23). The zero-order chi connectivity index (χ0) is 19.3. The lowest BCUT2D eigenvalue weighted by molar-refractivity contribution is -0.384. The van der Waals surface area contributed by atoms with Gasteiger partial charge in [0.1, 0.15) is 15.6 Å². The highest BCUT2D eigenvalue weighted by molar-refractivity contribution is 7.18. The minimum absolute atomic E-state index is 0.0513. The Morgan fingerprint density at radius 1 is 1.22 bits per heavy atom. The number of furan rings is 1. The number of aromatic amines is 1. The van der Waals surface area contributed by atoms with E-state index in [9.17, 15) is 14.9 Å². The first-order valence-corrected chi connectivity index (χ1v) is 9.09. The van der Waals surface area contributed by atoms with Crippen LogP contribution in [0.4, 0.5) is 5.69 Å². The first-order chi connectivity index (χ1) is 12.8. The Hall–Kier alpha value is -2.97. The number of hydrogen-bond acceptors (Lipinski definition) is 6. The largest absolute Gasteiger partial charge is 0.453 e. The molecule has 0 spiro atoms. The molecular formula is C18H12ClN3O4S. The van der Waals surface area contributed by atoms with Crippen LogP contribution in [0.1, 0.15) is 10.4 Å². The fraction of sp³-hybridized carbons (Fsp3) is 0.111. The van der Waals surface area contributed by atoms with E-state index in [1.807, 2.05) is 13.8 Å². The van der Waals surface area contributed by atoms with Crippen LogP contribution in [-0.4, -0.2) is 14.9 Å². The highest BCUT2D eigenvalue weighted by atomic mass is 35.5. The van der Waals surface area contributed by atoms with Crippen LogP contribution in [0.3, 0.4) is 0 Å². The van der Waals surface area contributed by atoms with E-state index in [0.29, 0.717) is 33.1 Å². The van der Waals surface area contributed by atoms with E-state index in [1.165, 1.54) is 23.5 Å². The molecule has 27 heavy (non-hydrogen) atoms. The maximum absolute atomic E-state index is 12.4. The minimum Gasteiger partial charge on any atom is -0.453 e. The van der Waals surface area contributed by atoms with Crippen LogP contribution in [0.15, 0.2) is 39.5 Å². The summed E-state index contributed by atoms with van der Waals surface area (Å²) in [5, 5.41) is 11.7. The van der Waals surface area contributed by atoms with Crippen molar-refractivity contribution >= 4 is 38.8 Å². The third-order valence-electron chi connectivity index (χ3n) is 4.31. The van der Waals surface area contributed by atoms with Gasteiger partial charge in [-0.3, -0.25) is 14.9 Å². The zero-order valence-corrected chi connectivity index (χ0v) is 15.8. The number of thiophene rings is 1. The summed E-state index contributed by atoms with van der Waals surface area (Å²) in [4.78, 5) is 31.8. The number of hydrogen-bond donors (Lipinski definition) is 1. The van der Waals surface area contributed by atoms with Crippen molar-refractivity contribution in [3.63, 3.8) is 0 Å². The molecular weight excluding hydrogens is 390 g/mol. The molecule has 136 valence electrons. The molecule has 0 saturated heterocycles. The van der Waals surface area contributed by atoms with Crippen molar-refractivity contribution in [2.24, 2.45) is 0 Å². The predicted molar refractivity (Wildman–Crippen MR) is 105 cm³/mol. The van der Waals surface area contributed by atoms with Gasteiger partial charge in [0.15, 0.2) is 11.6 Å². The first kappa shape index (κ1) is 17.4. The minimum atomic E-state index is -0.551. The summed E-state index contributed by atoms with van der Waals surface area (Å²) in [7, 11) is 0. The summed E-state index contributed by atoms with van der Waals surface area (Å²) >= 11 is 7.30. The van der Waals surface area contributed by atoms with Crippen molar-refractivity contribution in [1.82, 2.24) is 9.97 Å². The van der Waals surface area contributed by atoms with Crippen molar-refractivity contribution in [2.75, 3.05) is 0 Å². The third kappa shape index (κ3) is 2.92. The lowest BCUT2D eigenvalue weighted by Crippen LogP contribution is -2.08. The van der Waals surface area contributed by atoms with Crippen LogP contribution in [0.5, 0.6) is 0 Å². The Morgan fingerprint density at radius 2 is 1.96 bits per heavy atom. The second-order valence-electron chi connectivity index (χ2n) is 5.97. The van der Waals surface area contributed by atoms with Crippen molar-refractivity contribution in [3.05, 3.63) is 66.3 Å². The molecule has 3 aromatic heterocycles. The Balaban J connectivity index is 1.79. The number of nitro benzene ring substituents is 1. The molecule has 1 N–H and O–H groups in total. The normalized spacial score (nSPS) is 11.2.